The monoisotopic (exact) mass is 354 g/mol. The van der Waals surface area contributed by atoms with Crippen LogP contribution in [-0.2, 0) is 0 Å². The van der Waals surface area contributed by atoms with Gasteiger partial charge >= 0.3 is 0 Å². The Morgan fingerprint density at radius 3 is 1.81 bits per heavy atom. The fraction of sp³-hybridized carbons (Fsp3) is 0.529. The van der Waals surface area contributed by atoms with E-state index < -0.39 is 0 Å². The van der Waals surface area contributed by atoms with Gasteiger partial charge in [-0.1, -0.05) is 72.7 Å². The molecule has 0 fully saturated rings. The summed E-state index contributed by atoms with van der Waals surface area (Å²) in [7, 11) is 0. The van der Waals surface area contributed by atoms with Crippen molar-refractivity contribution >= 4 is 47.0 Å². The molecule has 0 radical (unpaired) electrons. The number of hydrogen-bond donors (Lipinski definition) is 0. The summed E-state index contributed by atoms with van der Waals surface area (Å²) in [6.07, 6.45) is 2.23. The van der Waals surface area contributed by atoms with Crippen molar-refractivity contribution in [2.45, 2.75) is 54.4 Å². The molecule has 2 rings (SSSR count). The van der Waals surface area contributed by atoms with Crippen LogP contribution < -0.4 is 0 Å². The molecule has 0 aromatic heterocycles. The summed E-state index contributed by atoms with van der Waals surface area (Å²) < 4.78 is 2.85. The lowest BCUT2D eigenvalue weighted by Gasteiger charge is -2.18. The molecule has 0 saturated heterocycles. The summed E-state index contributed by atoms with van der Waals surface area (Å²) in [5.41, 5.74) is 0.153. The maximum absolute atomic E-state index is 3.51. The lowest BCUT2D eigenvalue weighted by Crippen LogP contribution is -2.10. The van der Waals surface area contributed by atoms with Crippen molar-refractivity contribution in [1.29, 1.82) is 0 Å². The van der Waals surface area contributed by atoms with E-state index >= 15 is 0 Å². The third kappa shape index (κ3) is 4.13. The van der Waals surface area contributed by atoms with Crippen molar-refractivity contribution in [1.82, 2.24) is 0 Å². The molecular formula is C17H22S4. The van der Waals surface area contributed by atoms with Gasteiger partial charge < -0.3 is 0 Å². The first-order chi connectivity index (χ1) is 9.88. The Morgan fingerprint density at radius 2 is 1.29 bits per heavy atom. The quantitative estimate of drug-likeness (QED) is 0.474. The summed E-state index contributed by atoms with van der Waals surface area (Å²) in [6.45, 7) is 13.3. The van der Waals surface area contributed by atoms with E-state index in [4.69, 9.17) is 0 Å². The number of allylic oxidation sites excluding steroid dienone is 4. The average Bonchev–Trinajstić information content (AvgIpc) is 3.00. The van der Waals surface area contributed by atoms with E-state index in [0.29, 0.717) is 0 Å². The number of thioether (sulfide) groups is 4. The highest BCUT2D eigenvalue weighted by molar-refractivity contribution is 8.34. The van der Waals surface area contributed by atoms with Crippen LogP contribution in [0.4, 0.5) is 0 Å². The minimum absolute atomic E-state index is 0.153. The highest BCUT2D eigenvalue weighted by atomic mass is 32.2. The first-order valence-corrected chi connectivity index (χ1v) is 10.5. The standard InChI is InChI=1S/C17H22S4/c1-7-17(6,8-2)10-9-14-13(5)20-16(21-14)15-18-11(3)12(4)19-15/h7-8H2,1-6H3. The highest BCUT2D eigenvalue weighted by Crippen LogP contribution is 2.59. The lowest BCUT2D eigenvalue weighted by molar-refractivity contribution is 0.416. The van der Waals surface area contributed by atoms with Crippen molar-refractivity contribution in [2.24, 2.45) is 5.41 Å². The van der Waals surface area contributed by atoms with Crippen LogP contribution in [0.1, 0.15) is 54.4 Å². The molecule has 2 aliphatic heterocycles. The Labute approximate surface area is 146 Å². The maximum atomic E-state index is 3.51. The second kappa shape index (κ2) is 7.17. The molecular weight excluding hydrogens is 332 g/mol. The predicted octanol–water partition coefficient (Wildman–Crippen LogP) is 7.39. The lowest BCUT2D eigenvalue weighted by atomic mass is 9.86. The number of rotatable bonds is 2. The fourth-order valence-corrected chi connectivity index (χ4v) is 6.97. The van der Waals surface area contributed by atoms with Gasteiger partial charge in [-0.15, -0.1) is 0 Å². The van der Waals surface area contributed by atoms with Crippen LogP contribution in [-0.4, -0.2) is 0 Å². The Bertz CT molecular complexity index is 576. The molecule has 0 saturated carbocycles. The molecule has 0 aromatic carbocycles. The van der Waals surface area contributed by atoms with Gasteiger partial charge in [0, 0.05) is 10.3 Å². The molecule has 0 spiro atoms. The van der Waals surface area contributed by atoms with Crippen LogP contribution in [0.5, 0.6) is 0 Å². The summed E-state index contributed by atoms with van der Waals surface area (Å²) in [4.78, 5) is 5.47. The Balaban J connectivity index is 2.14. The second-order valence-corrected chi connectivity index (χ2v) is 10.7. The smallest absolute Gasteiger partial charge is 0.0723 e. The van der Waals surface area contributed by atoms with Crippen LogP contribution in [0.25, 0.3) is 0 Å². The van der Waals surface area contributed by atoms with Crippen LogP contribution >= 0.6 is 47.0 Å². The molecule has 0 aromatic rings. The first-order valence-electron chi connectivity index (χ1n) is 7.25. The zero-order chi connectivity index (χ0) is 15.6. The summed E-state index contributed by atoms with van der Waals surface area (Å²) in [5, 5.41) is 0. The van der Waals surface area contributed by atoms with Crippen LogP contribution in [0.2, 0.25) is 0 Å². The van der Waals surface area contributed by atoms with E-state index in [-0.39, 0.29) is 5.41 Å². The van der Waals surface area contributed by atoms with Crippen molar-refractivity contribution in [3.8, 4) is 11.8 Å². The molecule has 0 bridgehead atoms. The molecule has 0 atom stereocenters. The van der Waals surface area contributed by atoms with Gasteiger partial charge in [0.05, 0.1) is 13.4 Å². The number of hydrogen-bond acceptors (Lipinski definition) is 4. The first kappa shape index (κ1) is 17.5. The van der Waals surface area contributed by atoms with Crippen LogP contribution in [0.3, 0.4) is 0 Å². The molecule has 0 nitrogen and oxygen atoms in total. The van der Waals surface area contributed by atoms with Gasteiger partial charge in [-0.05, 0) is 50.3 Å². The molecule has 114 valence electrons. The van der Waals surface area contributed by atoms with E-state index in [1.807, 2.05) is 47.0 Å². The summed E-state index contributed by atoms with van der Waals surface area (Å²) in [5.74, 6) is 6.96. The predicted molar refractivity (Wildman–Crippen MR) is 105 cm³/mol. The third-order valence-electron chi connectivity index (χ3n) is 3.95. The van der Waals surface area contributed by atoms with E-state index in [1.54, 1.807) is 0 Å². The maximum Gasteiger partial charge on any atom is 0.0723 e. The van der Waals surface area contributed by atoms with Gasteiger partial charge in [0.25, 0.3) is 0 Å². The van der Waals surface area contributed by atoms with Crippen LogP contribution in [0.15, 0.2) is 28.1 Å². The minimum atomic E-state index is 0.153. The van der Waals surface area contributed by atoms with Crippen molar-refractivity contribution in [3.63, 3.8) is 0 Å². The van der Waals surface area contributed by atoms with Crippen molar-refractivity contribution in [2.75, 3.05) is 0 Å². The molecule has 0 aliphatic carbocycles. The van der Waals surface area contributed by atoms with Gasteiger partial charge in [-0.3, -0.25) is 0 Å². The van der Waals surface area contributed by atoms with E-state index in [9.17, 15) is 0 Å². The zero-order valence-electron chi connectivity index (χ0n) is 13.5. The molecule has 2 heterocycles. The van der Waals surface area contributed by atoms with Crippen molar-refractivity contribution < 1.29 is 0 Å². The fourth-order valence-electron chi connectivity index (χ4n) is 1.73. The summed E-state index contributed by atoms with van der Waals surface area (Å²) in [6, 6.07) is 0. The van der Waals surface area contributed by atoms with Gasteiger partial charge in [0.2, 0.25) is 0 Å². The SMILES string of the molecule is CCC(C)(C#CC1=C(C)SC(=C2SC(C)=C(C)S2)S1)CC. The van der Waals surface area contributed by atoms with E-state index in [2.05, 4.69) is 53.4 Å². The molecule has 0 amide bonds. The Morgan fingerprint density at radius 1 is 0.810 bits per heavy atom. The largest absolute Gasteiger partial charge is 0.0908 e. The molecule has 4 heteroatoms. The second-order valence-electron chi connectivity index (χ2n) is 5.50. The van der Waals surface area contributed by atoms with Gasteiger partial charge in [-0.2, -0.15) is 0 Å². The normalized spacial score (nSPS) is 19.5. The molecule has 0 unspecified atom stereocenters. The molecule has 0 N–H and O–H groups in total. The van der Waals surface area contributed by atoms with E-state index in [1.165, 1.54) is 28.1 Å². The molecule has 2 aliphatic rings. The Hall–Kier alpha value is 0.180. The summed E-state index contributed by atoms with van der Waals surface area (Å²) >= 11 is 7.58. The highest BCUT2D eigenvalue weighted by Gasteiger charge is 2.25. The topological polar surface area (TPSA) is 0 Å². The third-order valence-corrected chi connectivity index (χ3v) is 9.63. The average molecular weight is 355 g/mol. The van der Waals surface area contributed by atoms with Crippen LogP contribution in [0, 0.1) is 17.3 Å². The Kier molecular flexibility index (Phi) is 5.99. The zero-order valence-corrected chi connectivity index (χ0v) is 16.8. The van der Waals surface area contributed by atoms with E-state index in [0.717, 1.165) is 12.8 Å². The minimum Gasteiger partial charge on any atom is -0.0908 e. The van der Waals surface area contributed by atoms with Gasteiger partial charge in [0.1, 0.15) is 0 Å². The van der Waals surface area contributed by atoms with Gasteiger partial charge in [-0.25, -0.2) is 0 Å². The van der Waals surface area contributed by atoms with Crippen molar-refractivity contribution in [3.05, 3.63) is 28.1 Å². The molecule has 21 heavy (non-hydrogen) atoms. The van der Waals surface area contributed by atoms with Gasteiger partial charge in [0.15, 0.2) is 0 Å².